The second-order valence-corrected chi connectivity index (χ2v) is 13.9. The molecular formula is C50H32N4. The van der Waals surface area contributed by atoms with Crippen LogP contribution in [-0.4, -0.2) is 19.1 Å². The Labute approximate surface area is 311 Å². The van der Waals surface area contributed by atoms with E-state index >= 15 is 0 Å². The third-order valence-corrected chi connectivity index (χ3v) is 10.8. The molecule has 0 spiro atoms. The van der Waals surface area contributed by atoms with Gasteiger partial charge in [0.2, 0.25) is 5.95 Å². The van der Waals surface area contributed by atoms with Crippen LogP contribution in [0.2, 0.25) is 0 Å². The first-order valence-electron chi connectivity index (χ1n) is 18.3. The van der Waals surface area contributed by atoms with Crippen LogP contribution in [0.15, 0.2) is 194 Å². The standard InChI is InChI=1S/C50H32N4/c1-3-12-33(13-4-1)37-22-25-42-48(32-37)54(47-27-23-34-14-7-8-19-40(34)49(42)47)50-51-29-28-44(52-50)38-16-11-15-35(30-38)36-24-26-46-43(31-36)41-20-9-10-21-45(41)53(46)39-17-5-2-6-18-39/h1-32H. The predicted molar refractivity (Wildman–Crippen MR) is 225 cm³/mol. The molecular weight excluding hydrogens is 657 g/mol. The van der Waals surface area contributed by atoms with Crippen molar-refractivity contribution in [3.05, 3.63) is 194 Å². The van der Waals surface area contributed by atoms with Crippen LogP contribution in [0.4, 0.5) is 0 Å². The first-order chi connectivity index (χ1) is 26.8. The number of hydrogen-bond acceptors (Lipinski definition) is 2. The van der Waals surface area contributed by atoms with E-state index in [-0.39, 0.29) is 0 Å². The number of rotatable bonds is 5. The Morgan fingerprint density at radius 2 is 1.02 bits per heavy atom. The van der Waals surface area contributed by atoms with Gasteiger partial charge in [-0.3, -0.25) is 4.57 Å². The van der Waals surface area contributed by atoms with Gasteiger partial charge in [-0.05, 0) is 87.6 Å². The molecule has 0 amide bonds. The van der Waals surface area contributed by atoms with Crippen molar-refractivity contribution >= 4 is 54.4 Å². The maximum absolute atomic E-state index is 5.28. The number of fused-ring (bicyclic) bond motifs is 8. The molecule has 0 aliphatic carbocycles. The van der Waals surface area contributed by atoms with Crippen molar-refractivity contribution < 1.29 is 0 Å². The van der Waals surface area contributed by atoms with Crippen molar-refractivity contribution in [1.29, 1.82) is 0 Å². The van der Waals surface area contributed by atoms with E-state index in [1.54, 1.807) is 0 Å². The summed E-state index contributed by atoms with van der Waals surface area (Å²) in [5.41, 5.74) is 12.3. The summed E-state index contributed by atoms with van der Waals surface area (Å²) in [4.78, 5) is 10.2. The van der Waals surface area contributed by atoms with E-state index in [1.807, 2.05) is 12.3 Å². The monoisotopic (exact) mass is 688 g/mol. The van der Waals surface area contributed by atoms with E-state index < -0.39 is 0 Å². The average Bonchev–Trinajstić information content (AvgIpc) is 3.77. The van der Waals surface area contributed by atoms with Gasteiger partial charge >= 0.3 is 0 Å². The summed E-state index contributed by atoms with van der Waals surface area (Å²) in [7, 11) is 0. The van der Waals surface area contributed by atoms with Crippen LogP contribution in [0.5, 0.6) is 0 Å². The summed E-state index contributed by atoms with van der Waals surface area (Å²) in [5, 5.41) is 7.30. The molecule has 0 saturated carbocycles. The van der Waals surface area contributed by atoms with Crippen molar-refractivity contribution in [2.45, 2.75) is 0 Å². The van der Waals surface area contributed by atoms with E-state index in [4.69, 9.17) is 9.97 Å². The molecule has 0 aliphatic heterocycles. The zero-order valence-electron chi connectivity index (χ0n) is 29.3. The summed E-state index contributed by atoms with van der Waals surface area (Å²) in [6.45, 7) is 0. The summed E-state index contributed by atoms with van der Waals surface area (Å²) in [6, 6.07) is 67.1. The minimum Gasteiger partial charge on any atom is -0.309 e. The quantitative estimate of drug-likeness (QED) is 0.180. The lowest BCUT2D eigenvalue weighted by atomic mass is 10.00. The largest absolute Gasteiger partial charge is 0.309 e. The lowest BCUT2D eigenvalue weighted by molar-refractivity contribution is 0.992. The third kappa shape index (κ3) is 4.78. The minimum absolute atomic E-state index is 0.647. The molecule has 11 rings (SSSR count). The first-order valence-corrected chi connectivity index (χ1v) is 18.3. The van der Waals surface area contributed by atoms with Gasteiger partial charge in [0.25, 0.3) is 0 Å². The Kier molecular flexibility index (Phi) is 6.82. The lowest BCUT2D eigenvalue weighted by Crippen LogP contribution is -2.02. The molecule has 252 valence electrons. The molecule has 0 aliphatic rings. The highest BCUT2D eigenvalue weighted by Crippen LogP contribution is 2.39. The number of para-hydroxylation sites is 2. The summed E-state index contributed by atoms with van der Waals surface area (Å²) in [5.74, 6) is 0.647. The van der Waals surface area contributed by atoms with Gasteiger partial charge in [0.05, 0.1) is 27.8 Å². The smallest absolute Gasteiger partial charge is 0.235 e. The van der Waals surface area contributed by atoms with Gasteiger partial charge in [-0.25, -0.2) is 9.97 Å². The number of nitrogens with zero attached hydrogens (tertiary/aromatic N) is 4. The third-order valence-electron chi connectivity index (χ3n) is 10.8. The van der Waals surface area contributed by atoms with E-state index in [9.17, 15) is 0 Å². The fourth-order valence-corrected chi connectivity index (χ4v) is 8.30. The minimum atomic E-state index is 0.647. The zero-order chi connectivity index (χ0) is 35.6. The molecule has 4 heteroatoms. The normalized spacial score (nSPS) is 11.7. The van der Waals surface area contributed by atoms with Gasteiger partial charge in [-0.15, -0.1) is 0 Å². The van der Waals surface area contributed by atoms with Crippen LogP contribution < -0.4 is 0 Å². The fourth-order valence-electron chi connectivity index (χ4n) is 8.30. The first kappa shape index (κ1) is 30.3. The SMILES string of the molecule is c1ccc(-c2ccc3c4c5ccccc5ccc4n(-c4nccc(-c5cccc(-c6ccc7c(c6)c6ccccc6n7-c6ccccc6)c5)n4)c3c2)cc1. The topological polar surface area (TPSA) is 35.6 Å². The highest BCUT2D eigenvalue weighted by Gasteiger charge is 2.18. The van der Waals surface area contributed by atoms with Gasteiger partial charge in [0, 0.05) is 39.0 Å². The van der Waals surface area contributed by atoms with E-state index in [1.165, 1.54) is 48.9 Å². The molecule has 0 fully saturated rings. The van der Waals surface area contributed by atoms with E-state index in [0.717, 1.165) is 44.7 Å². The average molecular weight is 689 g/mol. The number of hydrogen-bond donors (Lipinski definition) is 0. The molecule has 0 N–H and O–H groups in total. The van der Waals surface area contributed by atoms with Gasteiger partial charge in [0.1, 0.15) is 0 Å². The highest BCUT2D eigenvalue weighted by molar-refractivity contribution is 6.21. The van der Waals surface area contributed by atoms with E-state index in [0.29, 0.717) is 5.95 Å². The molecule has 0 radical (unpaired) electrons. The van der Waals surface area contributed by atoms with Crippen LogP contribution in [0, 0.1) is 0 Å². The second kappa shape index (κ2) is 12.1. The maximum Gasteiger partial charge on any atom is 0.235 e. The van der Waals surface area contributed by atoms with Crippen LogP contribution in [0.3, 0.4) is 0 Å². The lowest BCUT2D eigenvalue weighted by Gasteiger charge is -2.11. The maximum atomic E-state index is 5.28. The fraction of sp³-hybridized carbons (Fsp3) is 0. The molecule has 8 aromatic carbocycles. The van der Waals surface area contributed by atoms with Gasteiger partial charge in [-0.1, -0.05) is 133 Å². The Morgan fingerprint density at radius 1 is 0.352 bits per heavy atom. The molecule has 0 unspecified atom stereocenters. The van der Waals surface area contributed by atoms with Gasteiger partial charge < -0.3 is 4.57 Å². The molecule has 11 aromatic rings. The Balaban J connectivity index is 1.06. The molecule has 54 heavy (non-hydrogen) atoms. The second-order valence-electron chi connectivity index (χ2n) is 13.9. The van der Waals surface area contributed by atoms with Crippen molar-refractivity contribution in [1.82, 2.24) is 19.1 Å². The molecule has 0 saturated heterocycles. The summed E-state index contributed by atoms with van der Waals surface area (Å²) < 4.78 is 4.58. The van der Waals surface area contributed by atoms with Crippen molar-refractivity contribution in [2.75, 3.05) is 0 Å². The number of aromatic nitrogens is 4. The molecule has 4 nitrogen and oxygen atoms in total. The van der Waals surface area contributed by atoms with Crippen molar-refractivity contribution in [3.8, 4) is 45.1 Å². The van der Waals surface area contributed by atoms with Crippen molar-refractivity contribution in [3.63, 3.8) is 0 Å². The molecule has 3 aromatic heterocycles. The summed E-state index contributed by atoms with van der Waals surface area (Å²) >= 11 is 0. The van der Waals surface area contributed by atoms with Crippen molar-refractivity contribution in [2.24, 2.45) is 0 Å². The Hall–Kier alpha value is -7.30. The molecule has 0 bridgehead atoms. The highest BCUT2D eigenvalue weighted by atomic mass is 15.2. The zero-order valence-corrected chi connectivity index (χ0v) is 29.3. The summed E-state index contributed by atoms with van der Waals surface area (Å²) in [6.07, 6.45) is 1.88. The van der Waals surface area contributed by atoms with Crippen LogP contribution in [0.1, 0.15) is 0 Å². The van der Waals surface area contributed by atoms with Crippen LogP contribution >= 0.6 is 0 Å². The Bertz CT molecular complexity index is 3210. The van der Waals surface area contributed by atoms with Gasteiger partial charge in [-0.2, -0.15) is 0 Å². The Morgan fingerprint density at radius 3 is 1.91 bits per heavy atom. The number of benzene rings is 8. The van der Waals surface area contributed by atoms with Crippen LogP contribution in [0.25, 0.3) is 99.5 Å². The molecule has 0 atom stereocenters. The molecule has 3 heterocycles. The van der Waals surface area contributed by atoms with Crippen LogP contribution in [-0.2, 0) is 0 Å². The predicted octanol–water partition coefficient (Wildman–Crippen LogP) is 12.8. The van der Waals surface area contributed by atoms with E-state index in [2.05, 4.69) is 191 Å². The van der Waals surface area contributed by atoms with Gasteiger partial charge in [0.15, 0.2) is 0 Å².